The van der Waals surface area contributed by atoms with Crippen LogP contribution in [0.1, 0.15) is 0 Å². The Labute approximate surface area is 139 Å². The van der Waals surface area contributed by atoms with Gasteiger partial charge in [0.15, 0.2) is 5.82 Å². The molecule has 122 valence electrons. The Morgan fingerprint density at radius 1 is 1.16 bits per heavy atom. The lowest BCUT2D eigenvalue weighted by Gasteiger charge is -1.99. The van der Waals surface area contributed by atoms with Gasteiger partial charge in [-0.05, 0) is 18.2 Å². The van der Waals surface area contributed by atoms with E-state index in [1.165, 1.54) is 4.52 Å². The molecule has 25 heavy (non-hydrogen) atoms. The molecule has 0 aliphatic heterocycles. The van der Waals surface area contributed by atoms with Crippen LogP contribution in [-0.2, 0) is 0 Å². The van der Waals surface area contributed by atoms with Crippen molar-refractivity contribution in [3.8, 4) is 22.6 Å². The van der Waals surface area contributed by atoms with Crippen LogP contribution in [0.2, 0.25) is 0 Å². The molecule has 4 aromatic rings. The van der Waals surface area contributed by atoms with Crippen LogP contribution < -0.4 is 0 Å². The lowest BCUT2D eigenvalue weighted by molar-refractivity contribution is -0.384. The highest BCUT2D eigenvalue weighted by Crippen LogP contribution is 2.25. The number of rotatable bonds is 3. The maximum Gasteiger partial charge on any atom is 0.270 e. The van der Waals surface area contributed by atoms with Crippen molar-refractivity contribution in [2.45, 2.75) is 0 Å². The summed E-state index contributed by atoms with van der Waals surface area (Å²) in [5, 5.41) is 15.1. The number of nitro benzene ring substituents is 1. The van der Waals surface area contributed by atoms with Crippen LogP contribution in [0.3, 0.4) is 0 Å². The first-order valence-electron chi connectivity index (χ1n) is 7.20. The zero-order valence-electron chi connectivity index (χ0n) is 12.6. The average Bonchev–Trinajstić information content (AvgIpc) is 3.05. The SMILES string of the molecule is O=[N+]([O-])c1ccc(F)c(-c2nc3ncc(-c4ccccn4)cn3n2)c1. The van der Waals surface area contributed by atoms with Gasteiger partial charge in [-0.3, -0.25) is 15.1 Å². The third-order valence-corrected chi connectivity index (χ3v) is 3.56. The van der Waals surface area contributed by atoms with Crippen molar-refractivity contribution in [3.05, 3.63) is 70.9 Å². The Hall–Kier alpha value is -3.75. The molecule has 3 heterocycles. The first kappa shape index (κ1) is 14.8. The molecule has 0 spiro atoms. The van der Waals surface area contributed by atoms with Crippen molar-refractivity contribution in [2.24, 2.45) is 0 Å². The molecule has 0 bridgehead atoms. The molecule has 8 nitrogen and oxygen atoms in total. The Morgan fingerprint density at radius 3 is 2.80 bits per heavy atom. The summed E-state index contributed by atoms with van der Waals surface area (Å²) in [6, 6.07) is 8.68. The lowest BCUT2D eigenvalue weighted by Crippen LogP contribution is -1.94. The van der Waals surface area contributed by atoms with E-state index in [4.69, 9.17) is 0 Å². The van der Waals surface area contributed by atoms with E-state index in [1.807, 2.05) is 12.1 Å². The van der Waals surface area contributed by atoms with Gasteiger partial charge in [-0.1, -0.05) is 6.07 Å². The molecule has 3 aromatic heterocycles. The van der Waals surface area contributed by atoms with E-state index in [0.29, 0.717) is 11.3 Å². The summed E-state index contributed by atoms with van der Waals surface area (Å²) in [5.74, 6) is -0.376. The normalized spacial score (nSPS) is 10.9. The smallest absolute Gasteiger partial charge is 0.258 e. The summed E-state index contributed by atoms with van der Waals surface area (Å²) >= 11 is 0. The molecule has 0 amide bonds. The monoisotopic (exact) mass is 336 g/mol. The molecule has 0 saturated heterocycles. The highest BCUT2D eigenvalue weighted by molar-refractivity contribution is 5.63. The molecule has 9 heteroatoms. The first-order chi connectivity index (χ1) is 12.1. The van der Waals surface area contributed by atoms with Crippen molar-refractivity contribution in [2.75, 3.05) is 0 Å². The molecular weight excluding hydrogens is 327 g/mol. The summed E-state index contributed by atoms with van der Waals surface area (Å²) in [5.41, 5.74) is 1.12. The molecule has 0 aliphatic carbocycles. The number of benzene rings is 1. The molecule has 0 radical (unpaired) electrons. The second-order valence-electron chi connectivity index (χ2n) is 5.16. The largest absolute Gasteiger partial charge is 0.270 e. The van der Waals surface area contributed by atoms with Crippen molar-refractivity contribution in [1.29, 1.82) is 0 Å². The minimum absolute atomic E-state index is 0.0203. The zero-order chi connectivity index (χ0) is 17.4. The second-order valence-corrected chi connectivity index (χ2v) is 5.16. The van der Waals surface area contributed by atoms with Crippen LogP contribution in [-0.4, -0.2) is 29.5 Å². The van der Waals surface area contributed by atoms with Gasteiger partial charge < -0.3 is 0 Å². The molecule has 0 unspecified atom stereocenters. The number of nitrogens with zero attached hydrogens (tertiary/aromatic N) is 6. The minimum Gasteiger partial charge on any atom is -0.258 e. The maximum absolute atomic E-state index is 14.0. The summed E-state index contributed by atoms with van der Waals surface area (Å²) in [7, 11) is 0. The van der Waals surface area contributed by atoms with Crippen LogP contribution in [0.25, 0.3) is 28.4 Å². The highest BCUT2D eigenvalue weighted by Gasteiger charge is 2.17. The van der Waals surface area contributed by atoms with E-state index in [-0.39, 0.29) is 22.9 Å². The quantitative estimate of drug-likeness (QED) is 0.421. The van der Waals surface area contributed by atoms with Crippen LogP contribution in [0.15, 0.2) is 55.0 Å². The van der Waals surface area contributed by atoms with Gasteiger partial charge in [0, 0.05) is 36.3 Å². The molecule has 0 fully saturated rings. The molecule has 0 aliphatic rings. The fourth-order valence-electron chi connectivity index (χ4n) is 2.36. The van der Waals surface area contributed by atoms with Crippen molar-refractivity contribution in [1.82, 2.24) is 24.6 Å². The van der Waals surface area contributed by atoms with Crippen LogP contribution in [0.5, 0.6) is 0 Å². The summed E-state index contributed by atoms with van der Waals surface area (Å²) < 4.78 is 15.4. The lowest BCUT2D eigenvalue weighted by atomic mass is 10.2. The number of hydrogen-bond acceptors (Lipinski definition) is 6. The van der Waals surface area contributed by atoms with E-state index in [0.717, 1.165) is 18.2 Å². The van der Waals surface area contributed by atoms with Gasteiger partial charge in [-0.25, -0.2) is 13.9 Å². The second kappa shape index (κ2) is 5.71. The highest BCUT2D eigenvalue weighted by atomic mass is 19.1. The van der Waals surface area contributed by atoms with E-state index in [2.05, 4.69) is 20.1 Å². The van der Waals surface area contributed by atoms with Crippen molar-refractivity contribution in [3.63, 3.8) is 0 Å². The number of pyridine rings is 1. The van der Waals surface area contributed by atoms with Crippen LogP contribution in [0.4, 0.5) is 10.1 Å². The van der Waals surface area contributed by atoms with Gasteiger partial charge >= 0.3 is 0 Å². The number of hydrogen-bond donors (Lipinski definition) is 0. The van der Waals surface area contributed by atoms with Crippen LogP contribution >= 0.6 is 0 Å². The molecule has 0 N–H and O–H groups in total. The molecule has 0 atom stereocenters. The molecule has 0 saturated carbocycles. The van der Waals surface area contributed by atoms with Crippen LogP contribution in [0, 0.1) is 15.9 Å². The molecule has 4 rings (SSSR count). The number of non-ortho nitro benzene ring substituents is 1. The number of halogens is 1. The zero-order valence-corrected chi connectivity index (χ0v) is 12.6. The minimum atomic E-state index is -0.647. The maximum atomic E-state index is 14.0. The van der Waals surface area contributed by atoms with E-state index in [9.17, 15) is 14.5 Å². The summed E-state index contributed by atoms with van der Waals surface area (Å²) in [6.45, 7) is 0. The van der Waals surface area contributed by atoms with Gasteiger partial charge in [0.25, 0.3) is 11.5 Å². The first-order valence-corrected chi connectivity index (χ1v) is 7.20. The van der Waals surface area contributed by atoms with Crippen molar-refractivity contribution < 1.29 is 9.31 Å². The third-order valence-electron chi connectivity index (χ3n) is 3.56. The fraction of sp³-hybridized carbons (Fsp3) is 0. The Morgan fingerprint density at radius 2 is 2.04 bits per heavy atom. The van der Waals surface area contributed by atoms with E-state index >= 15 is 0 Å². The third kappa shape index (κ3) is 2.67. The predicted octanol–water partition coefficient (Wildman–Crippen LogP) is 2.90. The summed E-state index contributed by atoms with van der Waals surface area (Å²) in [4.78, 5) is 22.8. The topological polar surface area (TPSA) is 99.1 Å². The van der Waals surface area contributed by atoms with Gasteiger partial charge in [-0.2, -0.15) is 4.98 Å². The van der Waals surface area contributed by atoms with E-state index in [1.54, 1.807) is 24.7 Å². The Kier molecular flexibility index (Phi) is 3.38. The fourth-order valence-corrected chi connectivity index (χ4v) is 2.36. The van der Waals surface area contributed by atoms with E-state index < -0.39 is 10.7 Å². The Bertz CT molecular complexity index is 1100. The van der Waals surface area contributed by atoms with Gasteiger partial charge in [0.1, 0.15) is 5.82 Å². The van der Waals surface area contributed by atoms with Gasteiger partial charge in [0.05, 0.1) is 16.2 Å². The predicted molar refractivity (Wildman–Crippen MR) is 86.1 cm³/mol. The number of fused-ring (bicyclic) bond motifs is 1. The van der Waals surface area contributed by atoms with Crippen molar-refractivity contribution >= 4 is 11.5 Å². The summed E-state index contributed by atoms with van der Waals surface area (Å²) in [6.07, 6.45) is 4.90. The number of nitro groups is 1. The van der Waals surface area contributed by atoms with Gasteiger partial charge in [0.2, 0.25) is 0 Å². The molecular formula is C16H9FN6O2. The standard InChI is InChI=1S/C16H9FN6O2/c17-13-5-4-11(23(24)25)7-12(13)15-20-16-19-8-10(9-22(16)21-15)14-3-1-2-6-18-14/h1-9H. The number of aromatic nitrogens is 5. The molecule has 1 aromatic carbocycles. The average molecular weight is 336 g/mol. The Balaban J connectivity index is 1.82. The van der Waals surface area contributed by atoms with Gasteiger partial charge in [-0.15, -0.1) is 5.10 Å².